The van der Waals surface area contributed by atoms with E-state index in [9.17, 15) is 22.8 Å². The van der Waals surface area contributed by atoms with Gasteiger partial charge < -0.3 is 10.2 Å². The number of carbonyl (C=O) groups excluding carboxylic acids is 2. The molecule has 9 heteroatoms. The molecule has 1 aromatic heterocycles. The predicted octanol–water partition coefficient (Wildman–Crippen LogP) is 4.98. The highest BCUT2D eigenvalue weighted by molar-refractivity contribution is 7.99. The molecule has 0 bridgehead atoms. The Balaban J connectivity index is 1.61. The number of benzene rings is 2. The molecule has 2 amide bonds. The molecule has 0 spiro atoms. The maximum atomic E-state index is 13.5. The molecule has 2 unspecified atom stereocenters. The molecule has 5 nitrogen and oxygen atoms in total. The van der Waals surface area contributed by atoms with E-state index in [0.29, 0.717) is 22.6 Å². The first-order valence-electron chi connectivity index (χ1n) is 10.6. The minimum Gasteiger partial charge on any atom is -0.349 e. The van der Waals surface area contributed by atoms with E-state index in [2.05, 4.69) is 10.3 Å². The summed E-state index contributed by atoms with van der Waals surface area (Å²) in [5.74, 6) is -0.377. The Bertz CT molecular complexity index is 1150. The van der Waals surface area contributed by atoms with E-state index in [1.807, 2.05) is 13.0 Å². The summed E-state index contributed by atoms with van der Waals surface area (Å²) in [5, 5.41) is 2.23. The molecule has 2 heterocycles. The smallest absolute Gasteiger partial charge is 0.349 e. The van der Waals surface area contributed by atoms with Crippen LogP contribution in [0, 0.1) is 6.92 Å². The third-order valence-electron chi connectivity index (χ3n) is 5.53. The van der Waals surface area contributed by atoms with E-state index in [1.54, 1.807) is 42.6 Å². The molecular weight excluding hydrogens is 463 g/mol. The summed E-state index contributed by atoms with van der Waals surface area (Å²) in [4.78, 5) is 32.2. The minimum atomic E-state index is -4.45. The number of pyridine rings is 1. The van der Waals surface area contributed by atoms with E-state index in [4.69, 9.17) is 0 Å². The molecule has 1 aliphatic rings. The Morgan fingerprint density at radius 3 is 2.38 bits per heavy atom. The first-order valence-corrected chi connectivity index (χ1v) is 11.6. The van der Waals surface area contributed by atoms with Gasteiger partial charge in [0.25, 0.3) is 5.91 Å². The van der Waals surface area contributed by atoms with Crippen LogP contribution in [-0.4, -0.2) is 33.5 Å². The molecule has 34 heavy (non-hydrogen) atoms. The van der Waals surface area contributed by atoms with Crippen LogP contribution in [0.15, 0.2) is 72.9 Å². The van der Waals surface area contributed by atoms with E-state index < -0.39 is 23.2 Å². The van der Waals surface area contributed by atoms with Gasteiger partial charge in [-0.2, -0.15) is 13.2 Å². The number of aryl methyl sites for hydroxylation is 1. The maximum absolute atomic E-state index is 13.5. The van der Waals surface area contributed by atoms with Crippen LogP contribution in [0.2, 0.25) is 0 Å². The number of thioether (sulfide) groups is 1. The molecule has 0 saturated carbocycles. The van der Waals surface area contributed by atoms with E-state index >= 15 is 0 Å². The average Bonchev–Trinajstić information content (AvgIpc) is 3.28. The van der Waals surface area contributed by atoms with Gasteiger partial charge in [0.05, 0.1) is 17.8 Å². The Morgan fingerprint density at radius 1 is 1.06 bits per heavy atom. The molecule has 3 aromatic rings. The zero-order valence-electron chi connectivity index (χ0n) is 18.3. The fourth-order valence-electron chi connectivity index (χ4n) is 3.69. The summed E-state index contributed by atoms with van der Waals surface area (Å²) in [6, 6.07) is 16.3. The second-order valence-electron chi connectivity index (χ2n) is 7.94. The summed E-state index contributed by atoms with van der Waals surface area (Å²) >= 11 is 1.35. The lowest BCUT2D eigenvalue weighted by atomic mass is 10.1. The van der Waals surface area contributed by atoms with Gasteiger partial charge in [-0.05, 0) is 48.9 Å². The molecule has 1 fully saturated rings. The van der Waals surface area contributed by atoms with E-state index in [1.165, 1.54) is 28.8 Å². The minimum absolute atomic E-state index is 0.207. The summed E-state index contributed by atoms with van der Waals surface area (Å²) in [6.07, 6.45) is -2.83. The molecule has 1 saturated heterocycles. The lowest BCUT2D eigenvalue weighted by Crippen LogP contribution is -2.47. The molecule has 2 atom stereocenters. The van der Waals surface area contributed by atoms with Crippen molar-refractivity contribution >= 4 is 23.6 Å². The van der Waals surface area contributed by atoms with Crippen molar-refractivity contribution < 1.29 is 22.8 Å². The van der Waals surface area contributed by atoms with Crippen molar-refractivity contribution in [3.63, 3.8) is 0 Å². The summed E-state index contributed by atoms with van der Waals surface area (Å²) in [5.41, 5.74) is 1.83. The number of nitrogens with zero attached hydrogens (tertiary/aromatic N) is 2. The third-order valence-corrected chi connectivity index (χ3v) is 6.85. The van der Waals surface area contributed by atoms with Crippen molar-refractivity contribution in [1.82, 2.24) is 15.2 Å². The van der Waals surface area contributed by atoms with Gasteiger partial charge in [-0.25, -0.2) is 0 Å². The molecular formula is C25H22F3N3O2S. The average molecular weight is 486 g/mol. The monoisotopic (exact) mass is 485 g/mol. The lowest BCUT2D eigenvalue weighted by Gasteiger charge is -2.29. The Labute approximate surface area is 199 Å². The van der Waals surface area contributed by atoms with Crippen LogP contribution in [0.5, 0.6) is 0 Å². The van der Waals surface area contributed by atoms with Crippen LogP contribution >= 0.6 is 11.8 Å². The van der Waals surface area contributed by atoms with Gasteiger partial charge in [-0.15, -0.1) is 11.8 Å². The number of rotatable bonds is 5. The van der Waals surface area contributed by atoms with Gasteiger partial charge in [-0.1, -0.05) is 35.9 Å². The molecule has 1 aliphatic heterocycles. The highest BCUT2D eigenvalue weighted by atomic mass is 32.2. The third kappa shape index (κ3) is 5.25. The standard InChI is InChI=1S/C25H22F3N3O2S/c1-16-5-7-17(8-6-16)23(33)31-21(22(32)30-14-20-4-2-3-13-29-20)15-34-24(31)18-9-11-19(12-10-18)25(26,27)28/h2-13,21,24H,14-15H2,1H3,(H,30,32). The van der Waals surface area contributed by atoms with Crippen molar-refractivity contribution in [1.29, 1.82) is 0 Å². The molecule has 176 valence electrons. The molecule has 1 N–H and O–H groups in total. The Morgan fingerprint density at radius 2 is 1.76 bits per heavy atom. The number of hydrogen-bond donors (Lipinski definition) is 1. The van der Waals surface area contributed by atoms with Crippen LogP contribution in [0.1, 0.15) is 38.1 Å². The number of carbonyl (C=O) groups is 2. The van der Waals surface area contributed by atoms with Crippen molar-refractivity contribution in [3.8, 4) is 0 Å². The first-order chi connectivity index (χ1) is 16.2. The first kappa shape index (κ1) is 23.8. The number of halogens is 3. The fourth-order valence-corrected chi connectivity index (χ4v) is 5.12. The SMILES string of the molecule is Cc1ccc(C(=O)N2C(C(=O)NCc3ccccn3)CSC2c2ccc(C(F)(F)F)cc2)cc1. The predicted molar refractivity (Wildman–Crippen MR) is 124 cm³/mol. The fraction of sp³-hybridized carbons (Fsp3) is 0.240. The molecule has 0 aliphatic carbocycles. The molecule has 4 rings (SSSR count). The lowest BCUT2D eigenvalue weighted by molar-refractivity contribution is -0.137. The zero-order chi connectivity index (χ0) is 24.3. The highest BCUT2D eigenvalue weighted by Gasteiger charge is 2.43. The van der Waals surface area contributed by atoms with Crippen molar-refractivity contribution in [2.75, 3.05) is 5.75 Å². The van der Waals surface area contributed by atoms with Crippen LogP contribution < -0.4 is 5.32 Å². The Hall–Kier alpha value is -3.33. The quantitative estimate of drug-likeness (QED) is 0.554. The summed E-state index contributed by atoms with van der Waals surface area (Å²) in [7, 11) is 0. The van der Waals surface area contributed by atoms with Crippen LogP contribution in [0.25, 0.3) is 0 Å². The van der Waals surface area contributed by atoms with Crippen molar-refractivity contribution in [3.05, 3.63) is 101 Å². The van der Waals surface area contributed by atoms with Crippen LogP contribution in [0.4, 0.5) is 13.2 Å². The van der Waals surface area contributed by atoms with Gasteiger partial charge in [0.15, 0.2) is 0 Å². The van der Waals surface area contributed by atoms with Crippen molar-refractivity contribution in [2.24, 2.45) is 0 Å². The second-order valence-corrected chi connectivity index (χ2v) is 9.05. The van der Waals surface area contributed by atoms with Gasteiger partial charge in [0.1, 0.15) is 11.4 Å². The van der Waals surface area contributed by atoms with Gasteiger partial charge in [-0.3, -0.25) is 14.6 Å². The summed E-state index contributed by atoms with van der Waals surface area (Å²) < 4.78 is 39.1. The van der Waals surface area contributed by atoms with Gasteiger partial charge in [0, 0.05) is 17.5 Å². The van der Waals surface area contributed by atoms with Gasteiger partial charge in [0.2, 0.25) is 5.91 Å². The number of nitrogens with one attached hydrogen (secondary N) is 1. The van der Waals surface area contributed by atoms with Crippen LogP contribution in [0.3, 0.4) is 0 Å². The molecule has 0 radical (unpaired) electrons. The number of alkyl halides is 3. The van der Waals surface area contributed by atoms with Crippen molar-refractivity contribution in [2.45, 2.75) is 31.1 Å². The van der Waals surface area contributed by atoms with E-state index in [0.717, 1.165) is 17.7 Å². The second kappa shape index (κ2) is 9.89. The van der Waals surface area contributed by atoms with Crippen LogP contribution in [-0.2, 0) is 17.5 Å². The van der Waals surface area contributed by atoms with Gasteiger partial charge >= 0.3 is 6.18 Å². The largest absolute Gasteiger partial charge is 0.416 e. The Kier molecular flexibility index (Phi) is 6.92. The maximum Gasteiger partial charge on any atom is 0.416 e. The zero-order valence-corrected chi connectivity index (χ0v) is 19.1. The highest BCUT2D eigenvalue weighted by Crippen LogP contribution is 2.43. The number of aromatic nitrogens is 1. The topological polar surface area (TPSA) is 62.3 Å². The molecule has 2 aromatic carbocycles. The number of amides is 2. The normalized spacial score (nSPS) is 18.1. The summed E-state index contributed by atoms with van der Waals surface area (Å²) in [6.45, 7) is 2.11. The number of hydrogen-bond acceptors (Lipinski definition) is 4. The van der Waals surface area contributed by atoms with E-state index in [-0.39, 0.29) is 18.4 Å².